The lowest BCUT2D eigenvalue weighted by Crippen LogP contribution is -2.46. The van der Waals surface area contributed by atoms with Crippen LogP contribution in [-0.2, 0) is 14.4 Å². The van der Waals surface area contributed by atoms with Gasteiger partial charge in [-0.25, -0.2) is 14.6 Å². The van der Waals surface area contributed by atoms with Crippen LogP contribution in [0.5, 0.6) is 5.75 Å². The van der Waals surface area contributed by atoms with Crippen molar-refractivity contribution in [2.75, 3.05) is 43.8 Å². The summed E-state index contributed by atoms with van der Waals surface area (Å²) >= 11 is 0. The summed E-state index contributed by atoms with van der Waals surface area (Å²) < 4.78 is 63.5. The molecular formula is C28H26F6N6O6. The van der Waals surface area contributed by atoms with Gasteiger partial charge in [-0.1, -0.05) is 24.3 Å². The molecule has 0 saturated carbocycles. The van der Waals surface area contributed by atoms with Gasteiger partial charge in [-0.15, -0.1) is 0 Å². The summed E-state index contributed by atoms with van der Waals surface area (Å²) in [5.74, 6) is -5.45. The quantitative estimate of drug-likeness (QED) is 0.219. The monoisotopic (exact) mass is 656 g/mol. The number of carboxylic acid groups (broad SMARTS) is 2. The average Bonchev–Trinajstić information content (AvgIpc) is 2.97. The second kappa shape index (κ2) is 16.1. The number of alkyl halides is 6. The van der Waals surface area contributed by atoms with Gasteiger partial charge in [0.05, 0.1) is 12.2 Å². The maximum atomic E-state index is 12.5. The molecule has 1 aromatic heterocycles. The molecule has 0 radical (unpaired) electrons. The minimum atomic E-state index is -5.08. The number of phenols is 1. The first-order chi connectivity index (χ1) is 21.4. The van der Waals surface area contributed by atoms with Crippen LogP contribution in [0, 0.1) is 11.3 Å². The normalized spacial score (nSPS) is 13.2. The number of nitrogens with zero attached hydrogens (tertiary/aromatic N) is 3. The van der Waals surface area contributed by atoms with E-state index in [9.17, 15) is 41.5 Å². The third kappa shape index (κ3) is 11.3. The first-order valence-corrected chi connectivity index (χ1v) is 12.9. The van der Waals surface area contributed by atoms with Gasteiger partial charge in [-0.3, -0.25) is 9.69 Å². The molecule has 2 heterocycles. The highest BCUT2D eigenvalue weighted by molar-refractivity contribution is 5.93. The van der Waals surface area contributed by atoms with Crippen LogP contribution in [0.25, 0.3) is 22.4 Å². The van der Waals surface area contributed by atoms with E-state index in [2.05, 4.69) is 26.6 Å². The van der Waals surface area contributed by atoms with Crippen molar-refractivity contribution in [1.82, 2.24) is 15.2 Å². The molecule has 46 heavy (non-hydrogen) atoms. The fourth-order valence-electron chi connectivity index (χ4n) is 3.78. The number of carbonyl (C=O) groups excluding carboxylic acids is 1. The number of para-hydroxylation sites is 1. The van der Waals surface area contributed by atoms with Crippen LogP contribution in [-0.4, -0.2) is 88.1 Å². The Labute approximate surface area is 256 Å². The molecule has 18 heteroatoms. The van der Waals surface area contributed by atoms with Crippen molar-refractivity contribution in [2.24, 2.45) is 0 Å². The molecule has 3 aromatic rings. The zero-order valence-corrected chi connectivity index (χ0v) is 23.5. The van der Waals surface area contributed by atoms with Crippen LogP contribution in [0.2, 0.25) is 0 Å². The van der Waals surface area contributed by atoms with Gasteiger partial charge in [0.2, 0.25) is 5.91 Å². The summed E-state index contributed by atoms with van der Waals surface area (Å²) in [7, 11) is 0. The van der Waals surface area contributed by atoms with Crippen molar-refractivity contribution in [1.29, 1.82) is 5.26 Å². The molecule has 1 fully saturated rings. The van der Waals surface area contributed by atoms with Crippen molar-refractivity contribution in [3.63, 3.8) is 0 Å². The molecule has 0 atom stereocenters. The number of piperazine rings is 1. The van der Waals surface area contributed by atoms with E-state index >= 15 is 0 Å². The van der Waals surface area contributed by atoms with Gasteiger partial charge in [0, 0.05) is 43.0 Å². The standard InChI is InChI=1S/C24H24N6O2.2C2HF3O2/c25-14-20-19(13-21(29-24(20)26)18-6-1-2-7-22(18)31)16-4-3-5-17(12-16)28-23(32)15-30-10-8-27-9-11-30;2*3-2(4,5)1(6)7/h1-7,12-13,27,31H,8-11,15H2,(H2,26,29)(H,28,32);2*(H,6,7). The number of carboxylic acids is 2. The smallest absolute Gasteiger partial charge is 0.490 e. The maximum Gasteiger partial charge on any atom is 0.490 e. The van der Waals surface area contributed by atoms with Gasteiger partial charge in [-0.2, -0.15) is 31.6 Å². The van der Waals surface area contributed by atoms with E-state index < -0.39 is 24.3 Å². The molecular weight excluding hydrogens is 630 g/mol. The maximum absolute atomic E-state index is 12.5. The molecule has 0 aliphatic carbocycles. The van der Waals surface area contributed by atoms with Gasteiger partial charge in [0.1, 0.15) is 23.2 Å². The number of hydrogen-bond acceptors (Lipinski definition) is 9. The molecule has 0 bridgehead atoms. The number of aliphatic carboxylic acids is 2. The van der Waals surface area contributed by atoms with Crippen molar-refractivity contribution in [2.45, 2.75) is 12.4 Å². The molecule has 7 N–H and O–H groups in total. The molecule has 0 unspecified atom stereocenters. The number of nitriles is 1. The lowest BCUT2D eigenvalue weighted by molar-refractivity contribution is -0.193. The number of aromatic hydroxyl groups is 1. The van der Waals surface area contributed by atoms with E-state index in [1.54, 1.807) is 42.5 Å². The number of carbonyl (C=O) groups is 3. The zero-order valence-electron chi connectivity index (χ0n) is 23.5. The van der Waals surface area contributed by atoms with E-state index in [0.29, 0.717) is 34.6 Å². The Bertz CT molecular complexity index is 1560. The second-order valence-electron chi connectivity index (χ2n) is 9.21. The van der Waals surface area contributed by atoms with E-state index in [1.165, 1.54) is 0 Å². The number of nitrogens with two attached hydrogens (primary N) is 1. The lowest BCUT2D eigenvalue weighted by atomic mass is 9.98. The van der Waals surface area contributed by atoms with E-state index in [0.717, 1.165) is 26.2 Å². The van der Waals surface area contributed by atoms with Crippen LogP contribution < -0.4 is 16.4 Å². The fourth-order valence-corrected chi connectivity index (χ4v) is 3.78. The summed E-state index contributed by atoms with van der Waals surface area (Å²) in [6.45, 7) is 3.76. The van der Waals surface area contributed by atoms with Crippen LogP contribution in [0.3, 0.4) is 0 Å². The number of halogens is 6. The van der Waals surface area contributed by atoms with Crippen molar-refractivity contribution in [3.8, 4) is 34.2 Å². The summed E-state index contributed by atoms with van der Waals surface area (Å²) in [4.78, 5) is 36.7. The second-order valence-corrected chi connectivity index (χ2v) is 9.21. The minimum absolute atomic E-state index is 0.0731. The highest BCUT2D eigenvalue weighted by atomic mass is 19.4. The number of nitrogen functional groups attached to an aromatic ring is 1. The van der Waals surface area contributed by atoms with Crippen LogP contribution in [0.1, 0.15) is 5.56 Å². The summed E-state index contributed by atoms with van der Waals surface area (Å²) in [5, 5.41) is 40.3. The number of benzene rings is 2. The van der Waals surface area contributed by atoms with E-state index in [4.69, 9.17) is 25.5 Å². The third-order valence-corrected chi connectivity index (χ3v) is 5.86. The average molecular weight is 657 g/mol. The van der Waals surface area contributed by atoms with Crippen LogP contribution >= 0.6 is 0 Å². The number of aromatic nitrogens is 1. The minimum Gasteiger partial charge on any atom is -0.507 e. The predicted molar refractivity (Wildman–Crippen MR) is 151 cm³/mol. The van der Waals surface area contributed by atoms with E-state index in [1.807, 2.05) is 12.1 Å². The third-order valence-electron chi connectivity index (χ3n) is 5.86. The van der Waals surface area contributed by atoms with Gasteiger partial charge >= 0.3 is 24.3 Å². The van der Waals surface area contributed by atoms with Crippen LogP contribution in [0.4, 0.5) is 37.8 Å². The topological polar surface area (TPSA) is 202 Å². The highest BCUT2D eigenvalue weighted by Crippen LogP contribution is 2.35. The number of amides is 1. The molecule has 4 rings (SSSR count). The first-order valence-electron chi connectivity index (χ1n) is 12.9. The van der Waals surface area contributed by atoms with Crippen molar-refractivity contribution >= 4 is 29.4 Å². The Morgan fingerprint density at radius 2 is 1.50 bits per heavy atom. The predicted octanol–water partition coefficient (Wildman–Crippen LogP) is 3.69. The van der Waals surface area contributed by atoms with Gasteiger partial charge in [-0.05, 0) is 35.9 Å². The molecule has 12 nitrogen and oxygen atoms in total. The number of anilines is 2. The summed E-state index contributed by atoms with van der Waals surface area (Å²) in [6, 6.07) is 17.9. The summed E-state index contributed by atoms with van der Waals surface area (Å²) in [5.41, 5.74) is 9.23. The van der Waals surface area contributed by atoms with E-state index in [-0.39, 0.29) is 23.0 Å². The van der Waals surface area contributed by atoms with Gasteiger partial charge in [0.25, 0.3) is 0 Å². The lowest BCUT2D eigenvalue weighted by Gasteiger charge is -2.26. The number of hydrogen-bond donors (Lipinski definition) is 6. The SMILES string of the molecule is N#Cc1c(-c2cccc(NC(=O)CN3CCNCC3)c2)cc(-c2ccccc2O)nc1N.O=C(O)C(F)(F)F.O=C(O)C(F)(F)F. The van der Waals surface area contributed by atoms with Crippen LogP contribution in [0.15, 0.2) is 54.6 Å². The Kier molecular flexibility index (Phi) is 12.8. The molecule has 246 valence electrons. The highest BCUT2D eigenvalue weighted by Gasteiger charge is 2.38. The Morgan fingerprint density at radius 3 is 2.02 bits per heavy atom. The van der Waals surface area contributed by atoms with Gasteiger partial charge < -0.3 is 31.7 Å². The Morgan fingerprint density at radius 1 is 0.935 bits per heavy atom. The molecule has 1 aliphatic heterocycles. The largest absolute Gasteiger partial charge is 0.507 e. The number of rotatable bonds is 5. The number of nitrogens with one attached hydrogen (secondary N) is 2. The van der Waals surface area contributed by atoms with Gasteiger partial charge in [0.15, 0.2) is 0 Å². The first kappa shape index (κ1) is 36.8. The molecule has 1 aliphatic rings. The summed E-state index contributed by atoms with van der Waals surface area (Å²) in [6.07, 6.45) is -10.2. The van der Waals surface area contributed by atoms with Crippen molar-refractivity contribution < 1.29 is 56.0 Å². The Balaban J connectivity index is 0.000000440. The molecule has 1 saturated heterocycles. The number of phenolic OH excluding ortho intramolecular Hbond substituents is 1. The number of pyridine rings is 1. The Hall–Kier alpha value is -5.41. The molecule has 2 aromatic carbocycles. The van der Waals surface area contributed by atoms with Crippen molar-refractivity contribution in [3.05, 3.63) is 60.2 Å². The molecule has 0 spiro atoms. The molecule has 1 amide bonds. The fraction of sp³-hybridized carbons (Fsp3) is 0.250. The zero-order chi connectivity index (χ0) is 34.7.